The molecule has 0 N–H and O–H groups in total. The largest absolute Gasteiger partial charge is 0.334 e. The number of carbonyl (C=O) groups is 1. The fraction of sp³-hybridized carbons (Fsp3) is 0.500. The van der Waals surface area contributed by atoms with E-state index in [1.165, 1.54) is 6.20 Å². The molecular formula is C20H27N3O3S. The van der Waals surface area contributed by atoms with Gasteiger partial charge in [0.25, 0.3) is 0 Å². The van der Waals surface area contributed by atoms with Gasteiger partial charge in [-0.15, -0.1) is 0 Å². The Balaban J connectivity index is 1.80. The van der Waals surface area contributed by atoms with Crippen molar-refractivity contribution in [3.05, 3.63) is 48.3 Å². The Hall–Kier alpha value is -2.15. The number of imidazole rings is 1. The van der Waals surface area contributed by atoms with Crippen LogP contribution in [0.4, 0.5) is 0 Å². The molecule has 1 saturated carbocycles. The lowest BCUT2D eigenvalue weighted by molar-refractivity contribution is -0.131. The van der Waals surface area contributed by atoms with E-state index in [1.54, 1.807) is 15.7 Å². The molecule has 0 aliphatic heterocycles. The van der Waals surface area contributed by atoms with Gasteiger partial charge in [0.05, 0.1) is 0 Å². The summed E-state index contributed by atoms with van der Waals surface area (Å²) in [7, 11) is -3.78. The van der Waals surface area contributed by atoms with E-state index in [9.17, 15) is 13.2 Å². The second-order valence-electron chi connectivity index (χ2n) is 7.25. The molecule has 1 atom stereocenters. The molecule has 0 spiro atoms. The first-order chi connectivity index (χ1) is 12.9. The van der Waals surface area contributed by atoms with Crippen LogP contribution in [-0.2, 0) is 27.7 Å². The third-order valence-electron chi connectivity index (χ3n) is 5.05. The second-order valence-corrected chi connectivity index (χ2v) is 9.13. The van der Waals surface area contributed by atoms with E-state index in [0.717, 1.165) is 24.8 Å². The summed E-state index contributed by atoms with van der Waals surface area (Å²) in [5.41, 5.74) is 1.00. The van der Waals surface area contributed by atoms with Crippen LogP contribution < -0.4 is 0 Å². The van der Waals surface area contributed by atoms with Crippen LogP contribution in [-0.4, -0.2) is 40.6 Å². The summed E-state index contributed by atoms with van der Waals surface area (Å²) < 4.78 is 27.3. The van der Waals surface area contributed by atoms with E-state index in [4.69, 9.17) is 0 Å². The number of sulfone groups is 1. The average Bonchev–Trinajstić information content (AvgIpc) is 3.38. The van der Waals surface area contributed by atoms with Crippen molar-refractivity contribution < 1.29 is 13.2 Å². The van der Waals surface area contributed by atoms with Gasteiger partial charge in [0.15, 0.2) is 0 Å². The third kappa shape index (κ3) is 4.77. The fourth-order valence-corrected chi connectivity index (χ4v) is 4.72. The molecule has 1 aromatic carbocycles. The van der Waals surface area contributed by atoms with Crippen LogP contribution in [0.2, 0.25) is 0 Å². The molecule has 2 aromatic rings. The summed E-state index contributed by atoms with van der Waals surface area (Å²) in [6.45, 7) is 4.98. The third-order valence-corrected chi connectivity index (χ3v) is 6.57. The predicted octanol–water partition coefficient (Wildman–Crippen LogP) is 2.89. The minimum atomic E-state index is -3.78. The Labute approximate surface area is 161 Å². The number of rotatable bonds is 9. The van der Waals surface area contributed by atoms with Gasteiger partial charge < -0.3 is 9.47 Å². The molecule has 1 fully saturated rings. The van der Waals surface area contributed by atoms with Crippen LogP contribution in [0.1, 0.15) is 38.7 Å². The van der Waals surface area contributed by atoms with Crippen molar-refractivity contribution in [2.24, 2.45) is 5.92 Å². The molecule has 1 aliphatic rings. The van der Waals surface area contributed by atoms with Gasteiger partial charge in [-0.05, 0) is 37.7 Å². The van der Waals surface area contributed by atoms with E-state index in [-0.39, 0.29) is 17.1 Å². The normalized spacial score (nSPS) is 15.5. The van der Waals surface area contributed by atoms with Gasteiger partial charge in [-0.25, -0.2) is 13.4 Å². The minimum Gasteiger partial charge on any atom is -0.334 e. The highest BCUT2D eigenvalue weighted by Crippen LogP contribution is 2.36. The first kappa shape index (κ1) is 19.6. The van der Waals surface area contributed by atoms with Crippen LogP contribution in [0.25, 0.3) is 0 Å². The van der Waals surface area contributed by atoms with Crippen LogP contribution in [0.5, 0.6) is 0 Å². The topological polar surface area (TPSA) is 72.3 Å². The summed E-state index contributed by atoms with van der Waals surface area (Å²) in [5.74, 6) is -0.441. The van der Waals surface area contributed by atoms with E-state index < -0.39 is 15.6 Å². The molecule has 27 heavy (non-hydrogen) atoms. The molecule has 0 radical (unpaired) electrons. The van der Waals surface area contributed by atoms with Gasteiger partial charge in [-0.3, -0.25) is 4.79 Å². The van der Waals surface area contributed by atoms with Crippen molar-refractivity contribution in [2.45, 2.75) is 57.4 Å². The van der Waals surface area contributed by atoms with Crippen molar-refractivity contribution >= 4 is 15.7 Å². The maximum absolute atomic E-state index is 13.0. The van der Waals surface area contributed by atoms with Crippen LogP contribution in [0.15, 0.2) is 47.9 Å². The van der Waals surface area contributed by atoms with Crippen molar-refractivity contribution in [1.29, 1.82) is 0 Å². The monoisotopic (exact) mass is 389 g/mol. The molecule has 146 valence electrons. The van der Waals surface area contributed by atoms with E-state index in [2.05, 4.69) is 4.98 Å². The van der Waals surface area contributed by atoms with Crippen molar-refractivity contribution in [3.63, 3.8) is 0 Å². The van der Waals surface area contributed by atoms with E-state index in [0.29, 0.717) is 19.0 Å². The number of aromatic nitrogens is 2. The summed E-state index contributed by atoms with van der Waals surface area (Å²) >= 11 is 0. The number of nitrogens with zero attached hydrogens (tertiary/aromatic N) is 3. The summed E-state index contributed by atoms with van der Waals surface area (Å²) in [5, 5.41) is -0.0172. The molecule has 7 heteroatoms. The summed E-state index contributed by atoms with van der Waals surface area (Å²) in [4.78, 5) is 18.7. The fourth-order valence-electron chi connectivity index (χ4n) is 3.37. The van der Waals surface area contributed by atoms with Crippen LogP contribution >= 0.6 is 0 Å². The standard InChI is InChI=1S/C20H27N3O3S/c1-3-12-22-13-11-21-20(22)27(25,26)15-19(24)23(16(2)18-9-10-18)14-17-7-5-4-6-8-17/h4-8,11,13,16,18H,3,9-10,12,14-15H2,1-2H3/t16-/m1/s1. The molecule has 0 saturated heterocycles. The molecule has 1 heterocycles. The zero-order valence-electron chi connectivity index (χ0n) is 15.9. The Morgan fingerprint density at radius 3 is 2.63 bits per heavy atom. The van der Waals surface area contributed by atoms with Gasteiger partial charge in [-0.1, -0.05) is 37.3 Å². The lowest BCUT2D eigenvalue weighted by atomic mass is 10.1. The van der Waals surface area contributed by atoms with E-state index in [1.807, 2.05) is 44.2 Å². The van der Waals surface area contributed by atoms with Gasteiger partial charge in [0.2, 0.25) is 20.9 Å². The molecule has 0 unspecified atom stereocenters. The predicted molar refractivity (Wildman–Crippen MR) is 104 cm³/mol. The quantitative estimate of drug-likeness (QED) is 0.661. The highest BCUT2D eigenvalue weighted by molar-refractivity contribution is 7.91. The van der Waals surface area contributed by atoms with Crippen molar-refractivity contribution in [1.82, 2.24) is 14.5 Å². The number of aryl methyl sites for hydroxylation is 1. The average molecular weight is 390 g/mol. The smallest absolute Gasteiger partial charge is 0.238 e. The zero-order chi connectivity index (χ0) is 19.4. The molecule has 3 rings (SSSR count). The number of carbonyl (C=O) groups excluding carboxylic acids is 1. The number of benzene rings is 1. The van der Waals surface area contributed by atoms with Gasteiger partial charge in [0, 0.05) is 31.5 Å². The van der Waals surface area contributed by atoms with Crippen LogP contribution in [0.3, 0.4) is 0 Å². The SMILES string of the molecule is CCCn1ccnc1S(=O)(=O)CC(=O)N(Cc1ccccc1)[C@H](C)C1CC1. The van der Waals surface area contributed by atoms with Crippen molar-refractivity contribution in [2.75, 3.05) is 5.75 Å². The zero-order valence-corrected chi connectivity index (χ0v) is 16.7. The molecular weight excluding hydrogens is 362 g/mol. The molecule has 1 aliphatic carbocycles. The van der Waals surface area contributed by atoms with Crippen molar-refractivity contribution in [3.8, 4) is 0 Å². The minimum absolute atomic E-state index is 0.0172. The van der Waals surface area contributed by atoms with Gasteiger partial charge in [0.1, 0.15) is 5.75 Å². The second kappa shape index (κ2) is 8.25. The number of hydrogen-bond acceptors (Lipinski definition) is 4. The first-order valence-electron chi connectivity index (χ1n) is 9.49. The lowest BCUT2D eigenvalue weighted by Gasteiger charge is -2.29. The highest BCUT2D eigenvalue weighted by atomic mass is 32.2. The molecule has 1 amide bonds. The maximum Gasteiger partial charge on any atom is 0.238 e. The highest BCUT2D eigenvalue weighted by Gasteiger charge is 2.36. The molecule has 1 aromatic heterocycles. The Morgan fingerprint density at radius 1 is 1.30 bits per heavy atom. The lowest BCUT2D eigenvalue weighted by Crippen LogP contribution is -2.42. The summed E-state index contributed by atoms with van der Waals surface area (Å²) in [6, 6.07) is 9.74. The van der Waals surface area contributed by atoms with Gasteiger partial charge >= 0.3 is 0 Å². The number of amides is 1. The molecule has 0 bridgehead atoms. The number of hydrogen-bond donors (Lipinski definition) is 0. The van der Waals surface area contributed by atoms with Crippen LogP contribution in [0, 0.1) is 5.92 Å². The molecule has 6 nitrogen and oxygen atoms in total. The summed E-state index contributed by atoms with van der Waals surface area (Å²) in [6.07, 6.45) is 6.10. The maximum atomic E-state index is 13.0. The Morgan fingerprint density at radius 2 is 2.00 bits per heavy atom. The Kier molecular flexibility index (Phi) is 5.99. The Bertz CT molecular complexity index is 873. The first-order valence-corrected chi connectivity index (χ1v) is 11.1. The van der Waals surface area contributed by atoms with E-state index >= 15 is 0 Å². The van der Waals surface area contributed by atoms with Gasteiger partial charge in [-0.2, -0.15) is 0 Å².